The van der Waals surface area contributed by atoms with Crippen LogP contribution in [0.15, 0.2) is 29.2 Å². The summed E-state index contributed by atoms with van der Waals surface area (Å²) >= 11 is 2.97. The standard InChI is InChI=1S/C18H22N4O2S2/c1-3-12(4-2)17-20-21-18(26-17)19-15(23)9-10-22-13-7-5-6-8-14(13)25-11-16(22)24/h5-8,12H,3-4,9-11H2,1-2H3,(H,19,21,23). The van der Waals surface area contributed by atoms with Gasteiger partial charge in [0.15, 0.2) is 0 Å². The number of carbonyl (C=O) groups excluding carboxylic acids is 2. The highest BCUT2D eigenvalue weighted by molar-refractivity contribution is 8.00. The van der Waals surface area contributed by atoms with E-state index in [1.54, 1.807) is 4.90 Å². The molecule has 0 unspecified atom stereocenters. The van der Waals surface area contributed by atoms with E-state index in [1.165, 1.54) is 23.1 Å². The number of carbonyl (C=O) groups is 2. The Morgan fingerprint density at radius 2 is 2.04 bits per heavy atom. The molecule has 0 aliphatic carbocycles. The van der Waals surface area contributed by atoms with Gasteiger partial charge in [0.05, 0.1) is 11.4 Å². The highest BCUT2D eigenvalue weighted by Crippen LogP contribution is 2.35. The van der Waals surface area contributed by atoms with Crippen LogP contribution in [0.2, 0.25) is 0 Å². The predicted molar refractivity (Wildman–Crippen MR) is 106 cm³/mol. The first-order valence-electron chi connectivity index (χ1n) is 8.77. The molecule has 0 saturated carbocycles. The molecule has 2 amide bonds. The van der Waals surface area contributed by atoms with Crippen LogP contribution >= 0.6 is 23.1 Å². The van der Waals surface area contributed by atoms with Gasteiger partial charge in [-0.25, -0.2) is 0 Å². The summed E-state index contributed by atoms with van der Waals surface area (Å²) in [5, 5.41) is 12.6. The summed E-state index contributed by atoms with van der Waals surface area (Å²) in [5.41, 5.74) is 0.883. The minimum atomic E-state index is -0.152. The highest BCUT2D eigenvalue weighted by Gasteiger charge is 2.24. The van der Waals surface area contributed by atoms with Gasteiger partial charge in [0.1, 0.15) is 5.01 Å². The van der Waals surface area contributed by atoms with E-state index >= 15 is 0 Å². The highest BCUT2D eigenvalue weighted by atomic mass is 32.2. The summed E-state index contributed by atoms with van der Waals surface area (Å²) in [5.74, 6) is 0.681. The van der Waals surface area contributed by atoms with Crippen LogP contribution < -0.4 is 10.2 Å². The van der Waals surface area contributed by atoms with Crippen LogP contribution in [0.1, 0.15) is 44.0 Å². The molecule has 0 saturated heterocycles. The molecule has 1 aromatic carbocycles. The van der Waals surface area contributed by atoms with Crippen LogP contribution in [-0.4, -0.2) is 34.3 Å². The Morgan fingerprint density at radius 3 is 2.81 bits per heavy atom. The Balaban J connectivity index is 1.59. The maximum atomic E-state index is 12.3. The van der Waals surface area contributed by atoms with Gasteiger partial charge in [-0.1, -0.05) is 37.3 Å². The van der Waals surface area contributed by atoms with E-state index in [4.69, 9.17) is 0 Å². The van der Waals surface area contributed by atoms with E-state index in [0.717, 1.165) is 28.4 Å². The Kier molecular flexibility index (Phi) is 6.26. The van der Waals surface area contributed by atoms with Crippen LogP contribution in [0, 0.1) is 0 Å². The van der Waals surface area contributed by atoms with E-state index in [9.17, 15) is 9.59 Å². The van der Waals surface area contributed by atoms with Gasteiger partial charge < -0.3 is 10.2 Å². The normalized spacial score (nSPS) is 13.8. The zero-order valence-corrected chi connectivity index (χ0v) is 16.5. The Hall–Kier alpha value is -1.93. The van der Waals surface area contributed by atoms with E-state index in [0.29, 0.717) is 23.3 Å². The van der Waals surface area contributed by atoms with E-state index < -0.39 is 0 Å². The molecule has 1 aliphatic rings. The fourth-order valence-electron chi connectivity index (χ4n) is 2.88. The first kappa shape index (κ1) is 18.8. The van der Waals surface area contributed by atoms with Crippen LogP contribution in [0.3, 0.4) is 0 Å². The molecule has 2 aromatic rings. The van der Waals surface area contributed by atoms with Crippen LogP contribution in [0.4, 0.5) is 10.8 Å². The quantitative estimate of drug-likeness (QED) is 0.776. The second kappa shape index (κ2) is 8.64. The van der Waals surface area contributed by atoms with Crippen molar-refractivity contribution in [1.29, 1.82) is 0 Å². The molecule has 8 heteroatoms. The number of thioether (sulfide) groups is 1. The first-order chi connectivity index (χ1) is 12.6. The number of aromatic nitrogens is 2. The molecule has 0 bridgehead atoms. The van der Waals surface area contributed by atoms with Crippen LogP contribution in [0.25, 0.3) is 0 Å². The van der Waals surface area contributed by atoms with Crippen molar-refractivity contribution in [2.45, 2.75) is 43.9 Å². The van der Waals surface area contributed by atoms with Crippen molar-refractivity contribution < 1.29 is 9.59 Å². The number of anilines is 2. The minimum Gasteiger partial charge on any atom is -0.310 e. The molecule has 1 aliphatic heterocycles. The number of para-hydroxylation sites is 1. The number of nitrogens with one attached hydrogen (secondary N) is 1. The average molecular weight is 391 g/mol. The van der Waals surface area contributed by atoms with Gasteiger partial charge in [-0.05, 0) is 25.0 Å². The van der Waals surface area contributed by atoms with E-state index in [-0.39, 0.29) is 18.2 Å². The Labute approximate surface area is 161 Å². The van der Waals surface area contributed by atoms with Gasteiger partial charge in [0, 0.05) is 23.8 Å². The van der Waals surface area contributed by atoms with Crippen molar-refractivity contribution in [3.8, 4) is 0 Å². The lowest BCUT2D eigenvalue weighted by molar-refractivity contribution is -0.117. The van der Waals surface area contributed by atoms with Crippen LogP contribution in [-0.2, 0) is 9.59 Å². The Morgan fingerprint density at radius 1 is 1.27 bits per heavy atom. The molecular weight excluding hydrogens is 368 g/mol. The predicted octanol–water partition coefficient (Wildman–Crippen LogP) is 3.91. The third-order valence-electron chi connectivity index (χ3n) is 4.39. The maximum Gasteiger partial charge on any atom is 0.237 e. The van der Waals surface area contributed by atoms with Gasteiger partial charge in [0.2, 0.25) is 16.9 Å². The number of nitrogens with zero attached hydrogens (tertiary/aromatic N) is 3. The number of amides is 2. The Bertz CT molecular complexity index is 789. The maximum absolute atomic E-state index is 12.3. The monoisotopic (exact) mass is 390 g/mol. The average Bonchev–Trinajstić information content (AvgIpc) is 3.10. The van der Waals surface area contributed by atoms with Crippen molar-refractivity contribution >= 4 is 45.7 Å². The topological polar surface area (TPSA) is 75.2 Å². The van der Waals surface area contributed by atoms with Crippen molar-refractivity contribution in [3.63, 3.8) is 0 Å². The molecule has 3 rings (SSSR count). The number of benzene rings is 1. The lowest BCUT2D eigenvalue weighted by Gasteiger charge is -2.28. The fourth-order valence-corrected chi connectivity index (χ4v) is 4.84. The van der Waals surface area contributed by atoms with Gasteiger partial charge in [-0.2, -0.15) is 0 Å². The zero-order valence-electron chi connectivity index (χ0n) is 14.9. The van der Waals surface area contributed by atoms with Gasteiger partial charge in [0.25, 0.3) is 0 Å². The van der Waals surface area contributed by atoms with Crippen molar-refractivity contribution in [2.24, 2.45) is 0 Å². The number of hydrogen-bond donors (Lipinski definition) is 1. The van der Waals surface area contributed by atoms with Gasteiger partial charge in [-0.15, -0.1) is 22.0 Å². The second-order valence-electron chi connectivity index (χ2n) is 6.06. The molecule has 1 aromatic heterocycles. The smallest absolute Gasteiger partial charge is 0.237 e. The van der Waals surface area contributed by atoms with Gasteiger partial charge >= 0.3 is 0 Å². The first-order valence-corrected chi connectivity index (χ1v) is 10.6. The lowest BCUT2D eigenvalue weighted by atomic mass is 10.1. The summed E-state index contributed by atoms with van der Waals surface area (Å²) in [7, 11) is 0. The molecule has 0 spiro atoms. The summed E-state index contributed by atoms with van der Waals surface area (Å²) in [6, 6.07) is 7.79. The molecule has 26 heavy (non-hydrogen) atoms. The molecular formula is C18H22N4O2S2. The summed E-state index contributed by atoms with van der Waals surface area (Å²) in [6.07, 6.45) is 2.24. The molecule has 0 radical (unpaired) electrons. The van der Waals surface area contributed by atoms with E-state index in [1.807, 2.05) is 24.3 Å². The second-order valence-corrected chi connectivity index (χ2v) is 8.09. The number of rotatable bonds is 7. The van der Waals surface area contributed by atoms with Gasteiger partial charge in [-0.3, -0.25) is 9.59 Å². The SMILES string of the molecule is CCC(CC)c1nnc(NC(=O)CCN2C(=O)CSc3ccccc32)s1. The van der Waals surface area contributed by atoms with Crippen molar-refractivity contribution in [2.75, 3.05) is 22.5 Å². The molecule has 0 fully saturated rings. The molecule has 2 heterocycles. The fraction of sp³-hybridized carbons (Fsp3) is 0.444. The number of fused-ring (bicyclic) bond motifs is 1. The zero-order chi connectivity index (χ0) is 18.5. The summed E-state index contributed by atoms with van der Waals surface area (Å²) in [6.45, 7) is 4.61. The lowest BCUT2D eigenvalue weighted by Crippen LogP contribution is -2.37. The molecule has 0 atom stereocenters. The van der Waals surface area contributed by atoms with Crippen LogP contribution in [0.5, 0.6) is 0 Å². The molecule has 138 valence electrons. The summed E-state index contributed by atoms with van der Waals surface area (Å²) < 4.78 is 0. The summed E-state index contributed by atoms with van der Waals surface area (Å²) in [4.78, 5) is 27.3. The minimum absolute atomic E-state index is 0.0356. The third kappa shape index (κ3) is 4.24. The van der Waals surface area contributed by atoms with Crippen molar-refractivity contribution in [3.05, 3.63) is 29.3 Å². The third-order valence-corrected chi connectivity index (χ3v) is 6.44. The molecule has 6 nitrogen and oxygen atoms in total. The van der Waals surface area contributed by atoms with Crippen molar-refractivity contribution in [1.82, 2.24) is 10.2 Å². The molecule has 1 N–H and O–H groups in total. The largest absolute Gasteiger partial charge is 0.310 e. The van der Waals surface area contributed by atoms with E-state index in [2.05, 4.69) is 29.4 Å². The number of hydrogen-bond acceptors (Lipinski definition) is 6.